The number of aliphatic hydroxyl groups is 1. The zero-order valence-electron chi connectivity index (χ0n) is 10.6. The van der Waals surface area contributed by atoms with Crippen LogP contribution in [0.2, 0.25) is 0 Å². The summed E-state index contributed by atoms with van der Waals surface area (Å²) >= 11 is 0. The van der Waals surface area contributed by atoms with Crippen LogP contribution in [0.5, 0.6) is 0 Å². The van der Waals surface area contributed by atoms with Gasteiger partial charge in [0.1, 0.15) is 10.7 Å². The Kier molecular flexibility index (Phi) is 4.36. The van der Waals surface area contributed by atoms with Crippen molar-refractivity contribution in [2.75, 3.05) is 11.3 Å². The van der Waals surface area contributed by atoms with Crippen molar-refractivity contribution in [3.8, 4) is 0 Å². The largest absolute Gasteiger partial charge is 0.396 e. The van der Waals surface area contributed by atoms with Crippen molar-refractivity contribution < 1.29 is 17.9 Å². The van der Waals surface area contributed by atoms with Crippen molar-refractivity contribution in [1.29, 1.82) is 0 Å². The molecule has 2 rings (SSSR count). The van der Waals surface area contributed by atoms with Crippen LogP contribution in [0.3, 0.4) is 0 Å². The molecule has 0 fully saturated rings. The first-order valence-corrected chi connectivity index (χ1v) is 7.48. The number of sulfonamides is 1. The molecule has 2 N–H and O–H groups in total. The van der Waals surface area contributed by atoms with Gasteiger partial charge in [0.05, 0.1) is 0 Å². The predicted octanol–water partition coefficient (Wildman–Crippen LogP) is 2.16. The third-order valence-corrected chi connectivity index (χ3v) is 4.15. The van der Waals surface area contributed by atoms with Gasteiger partial charge in [-0.3, -0.25) is 4.72 Å². The quantitative estimate of drug-likeness (QED) is 0.888. The molecule has 0 atom stereocenters. The first kappa shape index (κ1) is 14.5. The van der Waals surface area contributed by atoms with Crippen LogP contribution in [0.25, 0.3) is 0 Å². The van der Waals surface area contributed by atoms with E-state index in [-0.39, 0.29) is 11.5 Å². The molecular formula is C14H14FNO3S. The summed E-state index contributed by atoms with van der Waals surface area (Å²) in [7, 11) is -3.94. The van der Waals surface area contributed by atoms with Gasteiger partial charge in [0.15, 0.2) is 0 Å². The van der Waals surface area contributed by atoms with Crippen molar-refractivity contribution in [3.05, 3.63) is 59.9 Å². The second-order valence-electron chi connectivity index (χ2n) is 4.21. The number of rotatable bonds is 5. The molecule has 2 aromatic carbocycles. The lowest BCUT2D eigenvalue weighted by Gasteiger charge is -2.09. The van der Waals surface area contributed by atoms with E-state index in [2.05, 4.69) is 4.72 Å². The number of benzene rings is 2. The number of nitrogens with one attached hydrogen (secondary N) is 1. The van der Waals surface area contributed by atoms with Crippen LogP contribution < -0.4 is 4.72 Å². The zero-order chi connectivity index (χ0) is 14.6. The SMILES string of the molecule is O=S(=O)(Nc1ccc(CCO)cc1)c1ccccc1F. The maximum absolute atomic E-state index is 13.5. The van der Waals surface area contributed by atoms with E-state index in [0.717, 1.165) is 11.6 Å². The molecule has 6 heteroatoms. The molecule has 0 aliphatic rings. The van der Waals surface area contributed by atoms with Gasteiger partial charge in [0, 0.05) is 12.3 Å². The summed E-state index contributed by atoms with van der Waals surface area (Å²) in [5.74, 6) is -0.795. The van der Waals surface area contributed by atoms with Crippen LogP contribution in [0, 0.1) is 5.82 Å². The monoisotopic (exact) mass is 295 g/mol. The van der Waals surface area contributed by atoms with E-state index in [9.17, 15) is 12.8 Å². The van der Waals surface area contributed by atoms with E-state index in [0.29, 0.717) is 12.1 Å². The molecule has 0 saturated carbocycles. The molecule has 2 aromatic rings. The second kappa shape index (κ2) is 6.02. The molecule has 0 bridgehead atoms. The fourth-order valence-corrected chi connectivity index (χ4v) is 2.88. The maximum Gasteiger partial charge on any atom is 0.264 e. The van der Waals surface area contributed by atoms with E-state index in [1.165, 1.54) is 18.2 Å². The summed E-state index contributed by atoms with van der Waals surface area (Å²) in [4.78, 5) is -0.389. The van der Waals surface area contributed by atoms with Crippen LogP contribution in [-0.2, 0) is 16.4 Å². The van der Waals surface area contributed by atoms with Crippen LogP contribution in [0.4, 0.5) is 10.1 Å². The van der Waals surface area contributed by atoms with Gasteiger partial charge in [-0.15, -0.1) is 0 Å². The smallest absolute Gasteiger partial charge is 0.264 e. The molecule has 0 amide bonds. The van der Waals surface area contributed by atoms with Gasteiger partial charge < -0.3 is 5.11 Å². The highest BCUT2D eigenvalue weighted by Crippen LogP contribution is 2.19. The molecule has 20 heavy (non-hydrogen) atoms. The Balaban J connectivity index is 2.22. The number of hydrogen-bond acceptors (Lipinski definition) is 3. The molecule has 0 aliphatic carbocycles. The fourth-order valence-electron chi connectivity index (χ4n) is 1.74. The van der Waals surface area contributed by atoms with Gasteiger partial charge in [-0.1, -0.05) is 24.3 Å². The molecule has 0 saturated heterocycles. The standard InChI is InChI=1S/C14H14FNO3S/c15-13-3-1-2-4-14(13)20(18,19)16-12-7-5-11(6-8-12)9-10-17/h1-8,16-17H,9-10H2. The minimum atomic E-state index is -3.94. The van der Waals surface area contributed by atoms with Gasteiger partial charge in [-0.05, 0) is 36.2 Å². The first-order chi connectivity index (χ1) is 9.53. The number of anilines is 1. The maximum atomic E-state index is 13.5. The van der Waals surface area contributed by atoms with Crippen molar-refractivity contribution >= 4 is 15.7 Å². The highest BCUT2D eigenvalue weighted by atomic mass is 32.2. The predicted molar refractivity (Wildman–Crippen MR) is 74.4 cm³/mol. The summed E-state index contributed by atoms with van der Waals surface area (Å²) < 4.78 is 39.9. The van der Waals surface area contributed by atoms with Crippen molar-refractivity contribution in [1.82, 2.24) is 0 Å². The molecule has 4 nitrogen and oxygen atoms in total. The first-order valence-electron chi connectivity index (χ1n) is 6.00. The number of halogens is 1. The average Bonchev–Trinajstić information content (AvgIpc) is 2.41. The lowest BCUT2D eigenvalue weighted by atomic mass is 10.1. The van der Waals surface area contributed by atoms with Gasteiger partial charge in [-0.25, -0.2) is 12.8 Å². The Morgan fingerprint density at radius 3 is 2.30 bits per heavy atom. The molecule has 0 spiro atoms. The molecule has 0 unspecified atom stereocenters. The summed E-state index contributed by atoms with van der Waals surface area (Å²) in [5.41, 5.74) is 1.23. The van der Waals surface area contributed by atoms with Gasteiger partial charge in [-0.2, -0.15) is 0 Å². The van der Waals surface area contributed by atoms with Crippen molar-refractivity contribution in [3.63, 3.8) is 0 Å². The summed E-state index contributed by atoms with van der Waals surface area (Å²) in [6, 6.07) is 11.7. The van der Waals surface area contributed by atoms with Crippen LogP contribution in [-0.4, -0.2) is 20.1 Å². The summed E-state index contributed by atoms with van der Waals surface area (Å²) in [6.07, 6.45) is 0.500. The van der Waals surface area contributed by atoms with Gasteiger partial charge in [0.25, 0.3) is 10.0 Å². The fraction of sp³-hybridized carbons (Fsp3) is 0.143. The minimum absolute atomic E-state index is 0.0281. The molecular weight excluding hydrogens is 281 g/mol. The molecule has 0 aromatic heterocycles. The molecule has 0 radical (unpaired) electrons. The van der Waals surface area contributed by atoms with Crippen molar-refractivity contribution in [2.45, 2.75) is 11.3 Å². The summed E-state index contributed by atoms with van der Waals surface area (Å²) in [6.45, 7) is 0.0281. The molecule has 0 aliphatic heterocycles. The zero-order valence-corrected chi connectivity index (χ0v) is 11.4. The number of aliphatic hydroxyl groups excluding tert-OH is 1. The van der Waals surface area contributed by atoms with Gasteiger partial charge in [0.2, 0.25) is 0 Å². The van der Waals surface area contributed by atoms with E-state index >= 15 is 0 Å². The van der Waals surface area contributed by atoms with Crippen LogP contribution in [0.1, 0.15) is 5.56 Å². The molecule has 106 valence electrons. The normalized spacial score (nSPS) is 11.3. The lowest BCUT2D eigenvalue weighted by molar-refractivity contribution is 0.299. The Labute approximate surface area is 116 Å². The highest BCUT2D eigenvalue weighted by molar-refractivity contribution is 7.92. The minimum Gasteiger partial charge on any atom is -0.396 e. The average molecular weight is 295 g/mol. The number of hydrogen-bond donors (Lipinski definition) is 2. The van der Waals surface area contributed by atoms with E-state index in [4.69, 9.17) is 5.11 Å². The van der Waals surface area contributed by atoms with Crippen molar-refractivity contribution in [2.24, 2.45) is 0 Å². The Bertz CT molecular complexity index is 684. The van der Waals surface area contributed by atoms with E-state index in [1.807, 2.05) is 0 Å². The molecule has 0 heterocycles. The topological polar surface area (TPSA) is 66.4 Å². The van der Waals surface area contributed by atoms with Crippen LogP contribution >= 0.6 is 0 Å². The Morgan fingerprint density at radius 1 is 1.05 bits per heavy atom. The van der Waals surface area contributed by atoms with Gasteiger partial charge >= 0.3 is 0 Å². The highest BCUT2D eigenvalue weighted by Gasteiger charge is 2.18. The third kappa shape index (κ3) is 3.34. The van der Waals surface area contributed by atoms with E-state index < -0.39 is 15.8 Å². The Hall–Kier alpha value is -1.92. The Morgan fingerprint density at radius 2 is 1.70 bits per heavy atom. The summed E-state index contributed by atoms with van der Waals surface area (Å²) in [5, 5.41) is 8.80. The second-order valence-corrected chi connectivity index (χ2v) is 5.86. The van der Waals surface area contributed by atoms with E-state index in [1.54, 1.807) is 24.3 Å². The third-order valence-electron chi connectivity index (χ3n) is 2.73. The van der Waals surface area contributed by atoms with Crippen LogP contribution in [0.15, 0.2) is 53.4 Å². The lowest BCUT2D eigenvalue weighted by Crippen LogP contribution is -2.14.